The quantitative estimate of drug-likeness (QED) is 0.448. The predicted octanol–water partition coefficient (Wildman–Crippen LogP) is 4.65. The third-order valence-corrected chi connectivity index (χ3v) is 7.36. The summed E-state index contributed by atoms with van der Waals surface area (Å²) in [7, 11) is -3.80. The molecular weight excluding hydrogens is 509 g/mol. The van der Waals surface area contributed by atoms with Crippen LogP contribution in [0.15, 0.2) is 42.5 Å². The Bertz CT molecular complexity index is 1130. The molecule has 2 amide bonds. The van der Waals surface area contributed by atoms with E-state index in [0.717, 1.165) is 10.6 Å². The zero-order chi connectivity index (χ0) is 26.3. The number of benzene rings is 2. The number of amides is 2. The van der Waals surface area contributed by atoms with Crippen molar-refractivity contribution in [2.75, 3.05) is 23.7 Å². The van der Waals surface area contributed by atoms with Crippen molar-refractivity contribution in [3.05, 3.63) is 63.6 Å². The molecule has 0 fully saturated rings. The van der Waals surface area contributed by atoms with Crippen LogP contribution < -0.4 is 9.62 Å². The number of hydrogen-bond donors (Lipinski definition) is 1. The van der Waals surface area contributed by atoms with Crippen LogP contribution in [-0.4, -0.2) is 50.5 Å². The fourth-order valence-corrected chi connectivity index (χ4v) is 5.06. The Morgan fingerprint density at radius 3 is 2.14 bits per heavy atom. The van der Waals surface area contributed by atoms with E-state index in [1.807, 2.05) is 13.8 Å². The van der Waals surface area contributed by atoms with Gasteiger partial charge in [-0.1, -0.05) is 68.2 Å². The van der Waals surface area contributed by atoms with Crippen molar-refractivity contribution >= 4 is 50.7 Å². The number of carbonyl (C=O) groups excluding carboxylic acids is 2. The molecular formula is C25H33Cl2N3O4S. The Morgan fingerprint density at radius 1 is 1.03 bits per heavy atom. The van der Waals surface area contributed by atoms with Crippen LogP contribution in [0.3, 0.4) is 0 Å². The highest BCUT2D eigenvalue weighted by Gasteiger charge is 2.32. The molecule has 0 heterocycles. The van der Waals surface area contributed by atoms with Gasteiger partial charge in [-0.25, -0.2) is 8.42 Å². The van der Waals surface area contributed by atoms with Crippen LogP contribution in [0.1, 0.15) is 38.3 Å². The maximum Gasteiger partial charge on any atom is 0.244 e. The first-order chi connectivity index (χ1) is 16.4. The Balaban J connectivity index is 2.50. The lowest BCUT2D eigenvalue weighted by atomic mass is 10.1. The molecule has 0 aliphatic rings. The molecule has 0 saturated heterocycles. The van der Waals surface area contributed by atoms with Crippen LogP contribution in [0.4, 0.5) is 5.69 Å². The zero-order valence-electron chi connectivity index (χ0n) is 20.7. The minimum Gasteiger partial charge on any atom is -0.354 e. The molecule has 0 aliphatic heterocycles. The van der Waals surface area contributed by atoms with Crippen LogP contribution in [0.5, 0.6) is 0 Å². The smallest absolute Gasteiger partial charge is 0.244 e. The Labute approximate surface area is 218 Å². The highest BCUT2D eigenvalue weighted by Crippen LogP contribution is 2.28. The molecule has 0 radical (unpaired) electrons. The largest absolute Gasteiger partial charge is 0.354 e. The van der Waals surface area contributed by atoms with E-state index in [4.69, 9.17) is 23.2 Å². The number of carbonyl (C=O) groups is 2. The van der Waals surface area contributed by atoms with E-state index in [9.17, 15) is 18.0 Å². The number of para-hydroxylation sites is 1. The molecule has 1 N–H and O–H groups in total. The Morgan fingerprint density at radius 2 is 1.63 bits per heavy atom. The lowest BCUT2D eigenvalue weighted by Crippen LogP contribution is -2.52. The Hall–Kier alpha value is -2.29. The maximum atomic E-state index is 13.7. The monoisotopic (exact) mass is 541 g/mol. The normalized spacial score (nSPS) is 12.3. The molecule has 2 aromatic carbocycles. The van der Waals surface area contributed by atoms with E-state index >= 15 is 0 Å². The molecule has 0 spiro atoms. The summed E-state index contributed by atoms with van der Waals surface area (Å²) in [6.07, 6.45) is 1.37. The first-order valence-corrected chi connectivity index (χ1v) is 14.0. The van der Waals surface area contributed by atoms with E-state index in [0.29, 0.717) is 39.8 Å². The van der Waals surface area contributed by atoms with Gasteiger partial charge in [-0.05, 0) is 43.0 Å². The first kappa shape index (κ1) is 28.9. The maximum absolute atomic E-state index is 13.7. The molecule has 0 saturated carbocycles. The molecule has 35 heavy (non-hydrogen) atoms. The molecule has 7 nitrogen and oxygen atoms in total. The van der Waals surface area contributed by atoms with Gasteiger partial charge in [-0.2, -0.15) is 0 Å². The second kappa shape index (κ2) is 12.6. The molecule has 2 rings (SSSR count). The molecule has 1 atom stereocenters. The minimum absolute atomic E-state index is 0.0453. The summed E-state index contributed by atoms with van der Waals surface area (Å²) in [5, 5.41) is 3.58. The molecule has 10 heteroatoms. The zero-order valence-corrected chi connectivity index (χ0v) is 23.0. The molecule has 0 aromatic heterocycles. The van der Waals surface area contributed by atoms with Crippen molar-refractivity contribution in [2.24, 2.45) is 5.92 Å². The van der Waals surface area contributed by atoms with Crippen molar-refractivity contribution in [1.82, 2.24) is 10.2 Å². The van der Waals surface area contributed by atoms with Crippen molar-refractivity contribution in [3.8, 4) is 0 Å². The predicted molar refractivity (Wildman–Crippen MR) is 142 cm³/mol. The second-order valence-electron chi connectivity index (χ2n) is 8.84. The van der Waals surface area contributed by atoms with Crippen LogP contribution in [0.2, 0.25) is 10.0 Å². The van der Waals surface area contributed by atoms with Crippen LogP contribution in [0, 0.1) is 12.8 Å². The first-order valence-electron chi connectivity index (χ1n) is 11.4. The highest BCUT2D eigenvalue weighted by atomic mass is 35.5. The Kier molecular flexibility index (Phi) is 10.4. The summed E-state index contributed by atoms with van der Waals surface area (Å²) in [5.74, 6) is -0.638. The van der Waals surface area contributed by atoms with Gasteiger partial charge in [0.05, 0.1) is 11.9 Å². The van der Waals surface area contributed by atoms with Gasteiger partial charge in [-0.3, -0.25) is 13.9 Å². The number of halogens is 2. The van der Waals surface area contributed by atoms with Gasteiger partial charge < -0.3 is 10.2 Å². The summed E-state index contributed by atoms with van der Waals surface area (Å²) in [4.78, 5) is 28.2. The summed E-state index contributed by atoms with van der Waals surface area (Å²) in [6, 6.07) is 11.1. The average Bonchev–Trinajstić information content (AvgIpc) is 2.77. The molecule has 2 aromatic rings. The van der Waals surface area contributed by atoms with E-state index in [1.54, 1.807) is 56.3 Å². The number of nitrogens with zero attached hydrogens (tertiary/aromatic N) is 2. The van der Waals surface area contributed by atoms with Gasteiger partial charge in [0.2, 0.25) is 21.8 Å². The van der Waals surface area contributed by atoms with Gasteiger partial charge in [0.15, 0.2) is 0 Å². The standard InChI is InChI=1S/C25H33Cl2N3O4S/c1-6-22(25(32)28-14-17(2)3)29(15-19-20(26)11-9-12-21(19)27)24(31)16-30(35(5,33)34)23-13-8-7-10-18(23)4/h7-13,17,22H,6,14-16H2,1-5H3,(H,28,32)/t22-/m1/s1. The highest BCUT2D eigenvalue weighted by molar-refractivity contribution is 7.92. The van der Waals surface area contributed by atoms with Crippen molar-refractivity contribution < 1.29 is 18.0 Å². The summed E-state index contributed by atoms with van der Waals surface area (Å²) < 4.78 is 26.4. The van der Waals surface area contributed by atoms with Gasteiger partial charge >= 0.3 is 0 Å². The van der Waals surface area contributed by atoms with Crippen molar-refractivity contribution in [3.63, 3.8) is 0 Å². The topological polar surface area (TPSA) is 86.8 Å². The lowest BCUT2D eigenvalue weighted by molar-refractivity contribution is -0.140. The van der Waals surface area contributed by atoms with Crippen LogP contribution in [-0.2, 0) is 26.2 Å². The summed E-state index contributed by atoms with van der Waals surface area (Å²) in [5.41, 5.74) is 1.59. The second-order valence-corrected chi connectivity index (χ2v) is 11.6. The number of aryl methyl sites for hydroxylation is 1. The molecule has 192 valence electrons. The minimum atomic E-state index is -3.80. The van der Waals surface area contributed by atoms with Gasteiger partial charge in [0.1, 0.15) is 12.6 Å². The van der Waals surface area contributed by atoms with E-state index in [2.05, 4.69) is 5.32 Å². The third-order valence-electron chi connectivity index (χ3n) is 5.52. The van der Waals surface area contributed by atoms with Gasteiger partial charge in [-0.15, -0.1) is 0 Å². The molecule has 0 aliphatic carbocycles. The fraction of sp³-hybridized carbons (Fsp3) is 0.440. The lowest BCUT2D eigenvalue weighted by Gasteiger charge is -2.33. The van der Waals surface area contributed by atoms with Crippen molar-refractivity contribution in [2.45, 2.75) is 46.7 Å². The number of sulfonamides is 1. The third kappa shape index (κ3) is 7.85. The number of rotatable bonds is 11. The SMILES string of the molecule is CC[C@H](C(=O)NCC(C)C)N(Cc1c(Cl)cccc1Cl)C(=O)CN(c1ccccc1C)S(C)(=O)=O. The molecule has 0 bridgehead atoms. The van der Waals surface area contributed by atoms with Crippen LogP contribution in [0.25, 0.3) is 0 Å². The number of nitrogens with one attached hydrogen (secondary N) is 1. The number of hydrogen-bond acceptors (Lipinski definition) is 4. The van der Waals surface area contributed by atoms with Crippen molar-refractivity contribution in [1.29, 1.82) is 0 Å². The summed E-state index contributed by atoms with van der Waals surface area (Å²) in [6.45, 7) is 7.44. The average molecular weight is 543 g/mol. The van der Waals surface area contributed by atoms with Gasteiger partial charge in [0.25, 0.3) is 0 Å². The van der Waals surface area contributed by atoms with E-state index in [1.165, 1.54) is 4.90 Å². The van der Waals surface area contributed by atoms with Crippen LogP contribution >= 0.6 is 23.2 Å². The summed E-state index contributed by atoms with van der Waals surface area (Å²) >= 11 is 12.7. The van der Waals surface area contributed by atoms with E-state index in [-0.39, 0.29) is 18.4 Å². The van der Waals surface area contributed by atoms with E-state index < -0.39 is 28.5 Å². The number of anilines is 1. The molecule has 0 unspecified atom stereocenters. The van der Waals surface area contributed by atoms with Gasteiger partial charge in [0, 0.05) is 28.7 Å². The fourth-order valence-electron chi connectivity index (χ4n) is 3.63.